The van der Waals surface area contributed by atoms with Crippen LogP contribution in [-0.2, 0) is 0 Å². The van der Waals surface area contributed by atoms with Crippen molar-refractivity contribution in [3.63, 3.8) is 0 Å². The number of anilines is 1. The molecule has 0 radical (unpaired) electrons. The van der Waals surface area contributed by atoms with Gasteiger partial charge in [0.15, 0.2) is 11.3 Å². The van der Waals surface area contributed by atoms with Gasteiger partial charge in [0.2, 0.25) is 5.91 Å². The average molecular weight is 369 g/mol. The quantitative estimate of drug-likeness (QED) is 0.486. The van der Waals surface area contributed by atoms with Crippen molar-refractivity contribution in [3.8, 4) is 5.75 Å². The number of furan rings is 1. The van der Waals surface area contributed by atoms with Crippen LogP contribution in [0.1, 0.15) is 10.4 Å². The standard InChI is InChI=1S/C19H11F2N2O4/c20-19(21)27-15-6-5-13(18(24)23(25)11-7-9-22-10-8-11)16-12-3-1-2-4-14(12)26-17(15)16/h1-10,19H/q-1. The number of rotatable bonds is 4. The van der Waals surface area contributed by atoms with Gasteiger partial charge in [-0.15, -0.1) is 0 Å². The maximum absolute atomic E-state index is 12.8. The first-order valence-electron chi connectivity index (χ1n) is 7.87. The number of carbonyl (C=O) groups is 1. The van der Waals surface area contributed by atoms with Gasteiger partial charge in [0.25, 0.3) is 0 Å². The minimum absolute atomic E-state index is 0.0170. The van der Waals surface area contributed by atoms with Crippen LogP contribution in [-0.4, -0.2) is 17.5 Å². The minimum atomic E-state index is -3.06. The summed E-state index contributed by atoms with van der Waals surface area (Å²) in [6, 6.07) is 12.0. The van der Waals surface area contributed by atoms with Crippen molar-refractivity contribution in [3.05, 3.63) is 71.7 Å². The summed E-state index contributed by atoms with van der Waals surface area (Å²) in [6.07, 6.45) is 2.77. The Labute approximate surface area is 151 Å². The van der Waals surface area contributed by atoms with E-state index in [0.717, 1.165) is 0 Å². The highest BCUT2D eigenvalue weighted by molar-refractivity contribution is 6.21. The molecule has 1 amide bonds. The molecule has 0 saturated heterocycles. The number of hydroxylamine groups is 1. The molecule has 27 heavy (non-hydrogen) atoms. The Morgan fingerprint density at radius 3 is 2.59 bits per heavy atom. The van der Waals surface area contributed by atoms with E-state index in [4.69, 9.17) is 4.42 Å². The lowest BCUT2D eigenvalue weighted by Gasteiger charge is -2.28. The highest BCUT2D eigenvalue weighted by Crippen LogP contribution is 2.38. The second-order valence-corrected chi connectivity index (χ2v) is 5.60. The Morgan fingerprint density at radius 2 is 1.85 bits per heavy atom. The van der Waals surface area contributed by atoms with Crippen molar-refractivity contribution in [2.75, 3.05) is 5.06 Å². The predicted molar refractivity (Wildman–Crippen MR) is 94.8 cm³/mol. The summed E-state index contributed by atoms with van der Waals surface area (Å²) in [7, 11) is 0. The van der Waals surface area contributed by atoms with Crippen molar-refractivity contribution >= 4 is 33.5 Å². The minimum Gasteiger partial charge on any atom is -0.751 e. The highest BCUT2D eigenvalue weighted by atomic mass is 19.3. The number of aromatic nitrogens is 1. The van der Waals surface area contributed by atoms with Crippen LogP contribution in [0, 0.1) is 5.21 Å². The maximum atomic E-state index is 12.8. The number of fused-ring (bicyclic) bond motifs is 3. The molecule has 2 heterocycles. The van der Waals surface area contributed by atoms with Crippen LogP contribution in [0.25, 0.3) is 21.9 Å². The lowest BCUT2D eigenvalue weighted by molar-refractivity contribution is -0.0493. The lowest BCUT2D eigenvalue weighted by Crippen LogP contribution is -2.24. The predicted octanol–water partition coefficient (Wildman–Crippen LogP) is 4.73. The van der Waals surface area contributed by atoms with Crippen LogP contribution >= 0.6 is 0 Å². The number of benzene rings is 2. The Hall–Kier alpha value is -3.52. The number of para-hydroxylation sites is 1. The van der Waals surface area contributed by atoms with E-state index in [1.807, 2.05) is 0 Å². The van der Waals surface area contributed by atoms with Crippen molar-refractivity contribution in [2.24, 2.45) is 0 Å². The molecule has 2 aromatic carbocycles. The Balaban J connectivity index is 1.92. The summed E-state index contributed by atoms with van der Waals surface area (Å²) in [5, 5.41) is 13.4. The van der Waals surface area contributed by atoms with Gasteiger partial charge >= 0.3 is 6.61 Å². The number of halogens is 2. The van der Waals surface area contributed by atoms with Gasteiger partial charge in [-0.05, 0) is 30.3 Å². The Bertz CT molecular complexity index is 1130. The van der Waals surface area contributed by atoms with Gasteiger partial charge in [-0.2, -0.15) is 8.78 Å². The van der Waals surface area contributed by atoms with Crippen molar-refractivity contribution in [1.29, 1.82) is 0 Å². The molecule has 2 aromatic heterocycles. The number of nitrogens with zero attached hydrogens (tertiary/aromatic N) is 2. The van der Waals surface area contributed by atoms with Gasteiger partial charge in [-0.1, -0.05) is 18.2 Å². The molecule has 0 fully saturated rings. The molecule has 0 aliphatic rings. The maximum Gasteiger partial charge on any atom is 0.387 e. The third-order valence-corrected chi connectivity index (χ3v) is 4.02. The molecule has 0 saturated carbocycles. The molecule has 0 aliphatic heterocycles. The third kappa shape index (κ3) is 2.96. The first-order chi connectivity index (χ1) is 13.1. The second-order valence-electron chi connectivity index (χ2n) is 5.60. The molecule has 0 atom stereocenters. The van der Waals surface area contributed by atoms with E-state index in [0.29, 0.717) is 11.0 Å². The summed E-state index contributed by atoms with van der Waals surface area (Å²) in [6.45, 7) is -3.06. The molecule has 4 aromatic rings. The molecule has 136 valence electrons. The van der Waals surface area contributed by atoms with Crippen LogP contribution < -0.4 is 9.80 Å². The molecule has 0 spiro atoms. The van der Waals surface area contributed by atoms with E-state index in [9.17, 15) is 18.8 Å². The van der Waals surface area contributed by atoms with Crippen molar-refractivity contribution in [2.45, 2.75) is 6.61 Å². The number of pyridine rings is 1. The van der Waals surface area contributed by atoms with Crippen LogP contribution in [0.4, 0.5) is 14.5 Å². The van der Waals surface area contributed by atoms with E-state index in [1.165, 1.54) is 36.7 Å². The fraction of sp³-hybridized carbons (Fsp3) is 0.0526. The van der Waals surface area contributed by atoms with Gasteiger partial charge in [0.05, 0.1) is 5.56 Å². The van der Waals surface area contributed by atoms with Crippen LogP contribution in [0.5, 0.6) is 5.75 Å². The number of alkyl halides is 2. The molecule has 6 nitrogen and oxygen atoms in total. The van der Waals surface area contributed by atoms with Crippen LogP contribution in [0.2, 0.25) is 0 Å². The topological polar surface area (TPSA) is 78.6 Å². The van der Waals surface area contributed by atoms with Crippen LogP contribution in [0.15, 0.2) is 65.3 Å². The van der Waals surface area contributed by atoms with Crippen molar-refractivity contribution < 1.29 is 22.7 Å². The summed E-state index contributed by atoms with van der Waals surface area (Å²) in [4.78, 5) is 16.6. The lowest BCUT2D eigenvalue weighted by atomic mass is 10.0. The Kier molecular flexibility index (Phi) is 4.17. The normalized spacial score (nSPS) is 11.3. The molecule has 0 aliphatic carbocycles. The van der Waals surface area contributed by atoms with Gasteiger partial charge < -0.3 is 19.4 Å². The monoisotopic (exact) mass is 369 g/mol. The Morgan fingerprint density at radius 1 is 1.11 bits per heavy atom. The SMILES string of the molecule is O=C(c1ccc(OC(F)F)c2oc3ccccc3c12)N([O-])c1ccncc1. The van der Waals surface area contributed by atoms with E-state index < -0.39 is 12.5 Å². The number of hydrogen-bond donors (Lipinski definition) is 0. The fourth-order valence-electron chi connectivity index (χ4n) is 2.88. The number of amides is 1. The summed E-state index contributed by atoms with van der Waals surface area (Å²) in [5.74, 6) is -1.07. The van der Waals surface area contributed by atoms with Gasteiger partial charge in [-0.25, -0.2) is 0 Å². The molecule has 4 rings (SSSR count). The zero-order valence-corrected chi connectivity index (χ0v) is 13.6. The number of hydrogen-bond acceptors (Lipinski definition) is 5. The molecule has 0 bridgehead atoms. The first kappa shape index (κ1) is 16.9. The van der Waals surface area contributed by atoms with Gasteiger partial charge in [-0.3, -0.25) is 9.78 Å². The summed E-state index contributed by atoms with van der Waals surface area (Å²) >= 11 is 0. The molecular weight excluding hydrogens is 358 g/mol. The smallest absolute Gasteiger partial charge is 0.387 e. The number of ether oxygens (including phenoxy) is 1. The summed E-state index contributed by atoms with van der Waals surface area (Å²) < 4.78 is 35.6. The summed E-state index contributed by atoms with van der Waals surface area (Å²) in [5.41, 5.74) is 0.478. The fourth-order valence-corrected chi connectivity index (χ4v) is 2.88. The van der Waals surface area contributed by atoms with E-state index in [1.54, 1.807) is 24.3 Å². The largest absolute Gasteiger partial charge is 0.751 e. The van der Waals surface area contributed by atoms with Crippen molar-refractivity contribution in [1.82, 2.24) is 4.98 Å². The van der Waals surface area contributed by atoms with Gasteiger partial charge in [0.1, 0.15) is 5.58 Å². The molecule has 0 N–H and O–H groups in total. The van der Waals surface area contributed by atoms with Crippen LogP contribution in [0.3, 0.4) is 0 Å². The van der Waals surface area contributed by atoms with Gasteiger partial charge in [0, 0.05) is 28.9 Å². The third-order valence-electron chi connectivity index (χ3n) is 4.02. The highest BCUT2D eigenvalue weighted by Gasteiger charge is 2.22. The second kappa shape index (κ2) is 6.65. The molecule has 0 unspecified atom stereocenters. The zero-order chi connectivity index (χ0) is 19.0. The first-order valence-corrected chi connectivity index (χ1v) is 7.87. The molecular formula is C19H11F2N2O4-. The molecule has 8 heteroatoms. The van der Waals surface area contributed by atoms with E-state index >= 15 is 0 Å². The number of carbonyl (C=O) groups excluding carboxylic acids is 1. The zero-order valence-electron chi connectivity index (χ0n) is 13.6. The van der Waals surface area contributed by atoms with E-state index in [-0.39, 0.29) is 33.0 Å². The average Bonchev–Trinajstić information content (AvgIpc) is 3.08. The van der Waals surface area contributed by atoms with E-state index in [2.05, 4.69) is 9.72 Å².